The molecule has 1 heterocycles. The third-order valence-corrected chi connectivity index (χ3v) is 5.78. The van der Waals surface area contributed by atoms with Gasteiger partial charge in [-0.25, -0.2) is 0 Å². The molecule has 3 rings (SSSR count). The van der Waals surface area contributed by atoms with Gasteiger partial charge in [0.2, 0.25) is 0 Å². The maximum Gasteiger partial charge on any atom is 0.303 e. The van der Waals surface area contributed by atoms with Crippen LogP contribution >= 0.6 is 0 Å². The number of furan rings is 1. The zero-order valence-corrected chi connectivity index (χ0v) is 19.2. The van der Waals surface area contributed by atoms with E-state index in [1.165, 1.54) is 0 Å². The van der Waals surface area contributed by atoms with E-state index >= 15 is 0 Å². The van der Waals surface area contributed by atoms with E-state index in [-0.39, 0.29) is 12.3 Å². The number of rotatable bonds is 13. The molecule has 174 valence electrons. The van der Waals surface area contributed by atoms with E-state index < -0.39 is 5.97 Å². The predicted octanol–water partition coefficient (Wildman–Crippen LogP) is 4.81. The molecule has 1 aliphatic rings. The van der Waals surface area contributed by atoms with Crippen molar-refractivity contribution in [3.63, 3.8) is 0 Å². The molecule has 1 N–H and O–H groups in total. The molecule has 0 radical (unpaired) electrons. The molecule has 7 heteroatoms. The molecule has 32 heavy (non-hydrogen) atoms. The second kappa shape index (κ2) is 11.1. The number of carboxylic acid groups (broad SMARTS) is 1. The number of ether oxygens (including phenoxy) is 2. The largest absolute Gasteiger partial charge is 0.496 e. The third-order valence-electron chi connectivity index (χ3n) is 5.78. The normalized spacial score (nSPS) is 13.1. The van der Waals surface area contributed by atoms with Crippen LogP contribution in [0.3, 0.4) is 0 Å². The summed E-state index contributed by atoms with van der Waals surface area (Å²) in [6.07, 6.45) is 4.96. The first-order valence-electron chi connectivity index (χ1n) is 11.2. The Morgan fingerprint density at radius 1 is 1.06 bits per heavy atom. The molecule has 1 fully saturated rings. The summed E-state index contributed by atoms with van der Waals surface area (Å²) in [4.78, 5) is 26.1. The summed E-state index contributed by atoms with van der Waals surface area (Å²) in [7, 11) is 3.23. The molecule has 0 spiro atoms. The number of aliphatic carboxylic acids is 1. The number of hydrogen-bond donors (Lipinski definition) is 1. The smallest absolute Gasteiger partial charge is 0.303 e. The second-order valence-electron chi connectivity index (χ2n) is 8.33. The number of hydrogen-bond acceptors (Lipinski definition) is 5. The molecular formula is C25H33NO6. The Kier molecular flexibility index (Phi) is 8.20. The van der Waals surface area contributed by atoms with Crippen LogP contribution in [0.25, 0.3) is 0 Å². The van der Waals surface area contributed by atoms with Crippen molar-refractivity contribution in [3.8, 4) is 11.5 Å². The van der Waals surface area contributed by atoms with E-state index in [4.69, 9.17) is 19.0 Å². The SMILES string of the molecule is COc1cc(C(=O)N(CCCCC(=O)O)CCCc2ccc(C)o2)cc(OC)c1C1CC1. The Hall–Kier alpha value is -2.96. The van der Waals surface area contributed by atoms with Gasteiger partial charge in [0, 0.05) is 37.1 Å². The Morgan fingerprint density at radius 3 is 2.25 bits per heavy atom. The highest BCUT2D eigenvalue weighted by molar-refractivity contribution is 5.95. The summed E-state index contributed by atoms with van der Waals surface area (Å²) >= 11 is 0. The van der Waals surface area contributed by atoms with Gasteiger partial charge in [-0.2, -0.15) is 0 Å². The molecule has 1 amide bonds. The maximum atomic E-state index is 13.4. The Morgan fingerprint density at radius 2 is 1.72 bits per heavy atom. The second-order valence-corrected chi connectivity index (χ2v) is 8.33. The van der Waals surface area contributed by atoms with Gasteiger partial charge in [0.1, 0.15) is 23.0 Å². The topological polar surface area (TPSA) is 89.2 Å². The monoisotopic (exact) mass is 443 g/mol. The van der Waals surface area contributed by atoms with Crippen LogP contribution in [0.5, 0.6) is 11.5 Å². The third kappa shape index (κ3) is 6.28. The summed E-state index contributed by atoms with van der Waals surface area (Å²) in [6, 6.07) is 7.50. The number of carbonyl (C=O) groups excluding carboxylic acids is 1. The van der Waals surface area contributed by atoms with E-state index in [9.17, 15) is 9.59 Å². The van der Waals surface area contributed by atoms with Crippen LogP contribution in [0.4, 0.5) is 0 Å². The van der Waals surface area contributed by atoms with Crippen molar-refractivity contribution in [2.45, 2.75) is 57.8 Å². The van der Waals surface area contributed by atoms with E-state index in [2.05, 4.69) is 0 Å². The van der Waals surface area contributed by atoms with Crippen LogP contribution in [-0.4, -0.2) is 49.2 Å². The quantitative estimate of drug-likeness (QED) is 0.447. The van der Waals surface area contributed by atoms with Crippen LogP contribution in [-0.2, 0) is 11.2 Å². The molecule has 1 aromatic carbocycles. The van der Waals surface area contributed by atoms with Crippen molar-refractivity contribution in [2.24, 2.45) is 0 Å². The summed E-state index contributed by atoms with van der Waals surface area (Å²) in [5.74, 6) is 2.65. The molecule has 0 saturated heterocycles. The molecule has 1 aromatic heterocycles. The Labute approximate surface area is 189 Å². The van der Waals surface area contributed by atoms with Crippen molar-refractivity contribution < 1.29 is 28.6 Å². The van der Waals surface area contributed by atoms with Crippen LogP contribution in [0.2, 0.25) is 0 Å². The first-order valence-corrected chi connectivity index (χ1v) is 11.2. The van der Waals surface area contributed by atoms with Crippen molar-refractivity contribution in [2.75, 3.05) is 27.3 Å². The first-order chi connectivity index (χ1) is 15.4. The van der Waals surface area contributed by atoms with Gasteiger partial charge in [-0.15, -0.1) is 0 Å². The minimum atomic E-state index is -0.818. The minimum Gasteiger partial charge on any atom is -0.496 e. The average molecular weight is 444 g/mol. The molecule has 1 aliphatic carbocycles. The van der Waals surface area contributed by atoms with Crippen molar-refractivity contribution in [1.29, 1.82) is 0 Å². The van der Waals surface area contributed by atoms with Crippen LogP contribution in [0, 0.1) is 6.92 Å². The van der Waals surface area contributed by atoms with Gasteiger partial charge < -0.3 is 23.9 Å². The van der Waals surface area contributed by atoms with Crippen LogP contribution < -0.4 is 9.47 Å². The highest BCUT2D eigenvalue weighted by atomic mass is 16.5. The van der Waals surface area contributed by atoms with E-state index in [0.717, 1.165) is 42.8 Å². The zero-order valence-electron chi connectivity index (χ0n) is 19.2. The number of aryl methyl sites for hydroxylation is 2. The molecule has 0 atom stereocenters. The summed E-state index contributed by atoms with van der Waals surface area (Å²) in [5, 5.41) is 8.91. The van der Waals surface area contributed by atoms with Crippen molar-refractivity contribution in [1.82, 2.24) is 4.90 Å². The highest BCUT2D eigenvalue weighted by Gasteiger charge is 2.31. The lowest BCUT2D eigenvalue weighted by Crippen LogP contribution is -2.33. The molecule has 2 aromatic rings. The highest BCUT2D eigenvalue weighted by Crippen LogP contribution is 2.49. The number of methoxy groups -OCH3 is 2. The summed E-state index contributed by atoms with van der Waals surface area (Å²) < 4.78 is 16.8. The van der Waals surface area contributed by atoms with Gasteiger partial charge in [-0.05, 0) is 69.2 Å². The number of nitrogens with zero attached hydrogens (tertiary/aromatic N) is 1. The minimum absolute atomic E-state index is 0.102. The molecule has 7 nitrogen and oxygen atoms in total. The molecule has 1 saturated carbocycles. The van der Waals surface area contributed by atoms with E-state index in [0.29, 0.717) is 48.9 Å². The van der Waals surface area contributed by atoms with Crippen molar-refractivity contribution in [3.05, 3.63) is 46.9 Å². The Bertz CT molecular complexity index is 905. The molecule has 0 aliphatic heterocycles. The number of amides is 1. The van der Waals surface area contributed by atoms with Gasteiger partial charge in [-0.3, -0.25) is 9.59 Å². The van der Waals surface area contributed by atoms with Gasteiger partial charge in [0.25, 0.3) is 5.91 Å². The van der Waals surface area contributed by atoms with Crippen LogP contribution in [0.15, 0.2) is 28.7 Å². The van der Waals surface area contributed by atoms with Gasteiger partial charge in [0.15, 0.2) is 0 Å². The predicted molar refractivity (Wildman–Crippen MR) is 121 cm³/mol. The van der Waals surface area contributed by atoms with Crippen LogP contribution in [0.1, 0.15) is 71.9 Å². The van der Waals surface area contributed by atoms with Gasteiger partial charge in [0.05, 0.1) is 14.2 Å². The lowest BCUT2D eigenvalue weighted by atomic mass is 10.0. The first kappa shape index (κ1) is 23.7. The van der Waals surface area contributed by atoms with Gasteiger partial charge in [-0.1, -0.05) is 0 Å². The van der Waals surface area contributed by atoms with E-state index in [1.54, 1.807) is 31.3 Å². The number of benzene rings is 1. The molecule has 0 unspecified atom stereocenters. The summed E-state index contributed by atoms with van der Waals surface area (Å²) in [5.41, 5.74) is 1.56. The van der Waals surface area contributed by atoms with E-state index in [1.807, 2.05) is 19.1 Å². The summed E-state index contributed by atoms with van der Waals surface area (Å²) in [6.45, 7) is 2.97. The molecular weight excluding hydrogens is 410 g/mol. The zero-order chi connectivity index (χ0) is 23.1. The standard InChI is InChI=1S/C25H33NO6/c1-17-9-12-20(32-17)7-6-14-26(13-5-4-8-23(27)28)25(29)19-15-21(30-2)24(18-10-11-18)22(16-19)31-3/h9,12,15-16,18H,4-8,10-11,13-14H2,1-3H3,(H,27,28). The fourth-order valence-corrected chi connectivity index (χ4v) is 3.98. The fraction of sp³-hybridized carbons (Fsp3) is 0.520. The molecule has 0 bridgehead atoms. The van der Waals surface area contributed by atoms with Crippen molar-refractivity contribution >= 4 is 11.9 Å². The van der Waals surface area contributed by atoms with Gasteiger partial charge >= 0.3 is 5.97 Å². The fourth-order valence-electron chi connectivity index (χ4n) is 3.98. The Balaban J connectivity index is 1.74. The number of carboxylic acids is 1. The number of carbonyl (C=O) groups is 2. The lowest BCUT2D eigenvalue weighted by Gasteiger charge is -2.24. The number of unbranched alkanes of at least 4 members (excludes halogenated alkanes) is 1. The lowest BCUT2D eigenvalue weighted by molar-refractivity contribution is -0.137. The maximum absolute atomic E-state index is 13.4. The average Bonchev–Trinajstić information content (AvgIpc) is 3.54.